The number of hydrogen-bond donors (Lipinski definition) is 1. The van der Waals surface area contributed by atoms with E-state index in [9.17, 15) is 0 Å². The highest BCUT2D eigenvalue weighted by Gasteiger charge is 2.23. The summed E-state index contributed by atoms with van der Waals surface area (Å²) in [6.45, 7) is 3.80. The second-order valence-corrected chi connectivity index (χ2v) is 7.64. The maximum atomic E-state index is 6.04. The van der Waals surface area contributed by atoms with E-state index in [4.69, 9.17) is 9.47 Å². The zero-order chi connectivity index (χ0) is 20.3. The van der Waals surface area contributed by atoms with Crippen molar-refractivity contribution in [2.75, 3.05) is 16.8 Å². The smallest absolute Gasteiger partial charge is 0.234 e. The lowest BCUT2D eigenvalue weighted by molar-refractivity contribution is 0.233. The van der Waals surface area contributed by atoms with Gasteiger partial charge in [0, 0.05) is 17.8 Å². The summed E-state index contributed by atoms with van der Waals surface area (Å²) in [5.74, 6) is 2.04. The number of anilines is 2. The van der Waals surface area contributed by atoms with E-state index in [0.29, 0.717) is 5.88 Å². The third-order valence-electron chi connectivity index (χ3n) is 5.52. The van der Waals surface area contributed by atoms with E-state index in [1.807, 2.05) is 0 Å². The van der Waals surface area contributed by atoms with Gasteiger partial charge in [0.2, 0.25) is 5.88 Å². The predicted octanol–water partition coefficient (Wildman–Crippen LogP) is 4.72. The van der Waals surface area contributed by atoms with E-state index in [2.05, 4.69) is 69.6 Å². The number of hydrogen-bond acceptors (Lipinski definition) is 6. The lowest BCUT2D eigenvalue weighted by atomic mass is 10.0. The molecule has 6 heteroatoms. The van der Waals surface area contributed by atoms with Gasteiger partial charge in [-0.2, -0.15) is 0 Å². The van der Waals surface area contributed by atoms with E-state index in [0.717, 1.165) is 60.8 Å². The first-order valence-electron chi connectivity index (χ1n) is 10.3. The third kappa shape index (κ3) is 3.81. The molecule has 0 fully saturated rings. The van der Waals surface area contributed by atoms with Crippen LogP contribution in [-0.2, 0) is 22.4 Å². The standard InChI is InChI=1S/C24H24N4O2/c1-17-6-5-9-19(12-17)28-11-10-20-21(13-28)25-16-26-24(20)27-23-15-29-14-22(30-23)18-7-3-2-4-8-18/h2-3,5-7,9,12,14-16H,4,8,10-11,13H2,1H3,(H,25,26,27). The van der Waals surface area contributed by atoms with Crippen molar-refractivity contribution in [1.29, 1.82) is 0 Å². The molecule has 1 aliphatic carbocycles. The van der Waals surface area contributed by atoms with Gasteiger partial charge < -0.3 is 19.7 Å². The van der Waals surface area contributed by atoms with Gasteiger partial charge in [0.25, 0.3) is 0 Å². The number of nitrogens with zero attached hydrogens (tertiary/aromatic N) is 3. The van der Waals surface area contributed by atoms with Gasteiger partial charge in [0.05, 0.1) is 12.2 Å². The molecule has 0 unspecified atom stereocenters. The molecular weight excluding hydrogens is 376 g/mol. The Hall–Kier alpha value is -3.54. The number of nitrogens with one attached hydrogen (secondary N) is 1. The maximum Gasteiger partial charge on any atom is 0.234 e. The Balaban J connectivity index is 1.32. The fourth-order valence-corrected chi connectivity index (χ4v) is 3.95. The van der Waals surface area contributed by atoms with Crippen LogP contribution in [0.25, 0.3) is 0 Å². The first kappa shape index (κ1) is 18.5. The Morgan fingerprint density at radius 3 is 2.97 bits per heavy atom. The van der Waals surface area contributed by atoms with Crippen LogP contribution in [0.2, 0.25) is 0 Å². The van der Waals surface area contributed by atoms with E-state index in [1.165, 1.54) is 11.3 Å². The molecule has 1 aromatic heterocycles. The molecule has 1 aromatic carbocycles. The van der Waals surface area contributed by atoms with Gasteiger partial charge in [0.15, 0.2) is 12.0 Å². The van der Waals surface area contributed by atoms with Gasteiger partial charge >= 0.3 is 0 Å². The average Bonchev–Trinajstić information content (AvgIpc) is 2.80. The van der Waals surface area contributed by atoms with E-state index >= 15 is 0 Å². The average molecular weight is 400 g/mol. The summed E-state index contributed by atoms with van der Waals surface area (Å²) in [7, 11) is 0. The molecule has 1 N–H and O–H groups in total. The SMILES string of the molecule is Cc1cccc(N2CCc3c(ncnc3NC3=COC=C(C4=CC=CCC4)O3)C2)c1. The number of aryl methyl sites for hydroxylation is 1. The maximum absolute atomic E-state index is 6.04. The third-order valence-corrected chi connectivity index (χ3v) is 5.52. The number of rotatable bonds is 4. The summed E-state index contributed by atoms with van der Waals surface area (Å²) in [5, 5.41) is 3.30. The molecule has 0 radical (unpaired) electrons. The number of ether oxygens (including phenoxy) is 2. The Morgan fingerprint density at radius 1 is 1.13 bits per heavy atom. The first-order chi connectivity index (χ1) is 14.8. The minimum Gasteiger partial charge on any atom is -0.463 e. The summed E-state index contributed by atoms with van der Waals surface area (Å²) in [4.78, 5) is 11.4. The molecule has 6 nitrogen and oxygen atoms in total. The summed E-state index contributed by atoms with van der Waals surface area (Å²) < 4.78 is 11.6. The van der Waals surface area contributed by atoms with E-state index in [-0.39, 0.29) is 0 Å². The molecule has 0 atom stereocenters. The highest BCUT2D eigenvalue weighted by molar-refractivity contribution is 5.55. The van der Waals surface area contributed by atoms with Crippen LogP contribution in [0.15, 0.2) is 78.6 Å². The van der Waals surface area contributed by atoms with Crippen LogP contribution in [0.3, 0.4) is 0 Å². The normalized spacial score (nSPS) is 17.8. The van der Waals surface area contributed by atoms with Crippen molar-refractivity contribution in [2.24, 2.45) is 0 Å². The highest BCUT2D eigenvalue weighted by Crippen LogP contribution is 2.30. The molecule has 2 aromatic rings. The number of allylic oxidation sites excluding steroid dienone is 4. The second-order valence-electron chi connectivity index (χ2n) is 7.64. The lowest BCUT2D eigenvalue weighted by Gasteiger charge is -2.31. The molecule has 0 saturated heterocycles. The van der Waals surface area contributed by atoms with Crippen LogP contribution < -0.4 is 10.2 Å². The summed E-state index contributed by atoms with van der Waals surface area (Å²) >= 11 is 0. The summed E-state index contributed by atoms with van der Waals surface area (Å²) in [6, 6.07) is 8.59. The van der Waals surface area contributed by atoms with E-state index < -0.39 is 0 Å². The van der Waals surface area contributed by atoms with E-state index in [1.54, 1.807) is 18.9 Å². The van der Waals surface area contributed by atoms with Gasteiger partial charge in [-0.1, -0.05) is 30.4 Å². The number of benzene rings is 1. The summed E-state index contributed by atoms with van der Waals surface area (Å²) in [5.41, 5.74) is 5.78. The molecular formula is C24H24N4O2. The van der Waals surface area contributed by atoms with Gasteiger partial charge in [-0.15, -0.1) is 0 Å². The van der Waals surface area contributed by atoms with Gasteiger partial charge in [0.1, 0.15) is 18.4 Å². The zero-order valence-corrected chi connectivity index (χ0v) is 17.0. The number of aromatic nitrogens is 2. The molecule has 0 spiro atoms. The van der Waals surface area contributed by atoms with Crippen LogP contribution in [0.5, 0.6) is 0 Å². The van der Waals surface area contributed by atoms with Crippen molar-refractivity contribution >= 4 is 11.5 Å². The molecule has 30 heavy (non-hydrogen) atoms. The minimum absolute atomic E-state index is 0.532. The highest BCUT2D eigenvalue weighted by atomic mass is 16.6. The fourth-order valence-electron chi connectivity index (χ4n) is 3.95. The fraction of sp³-hybridized carbons (Fsp3) is 0.250. The largest absolute Gasteiger partial charge is 0.463 e. The zero-order valence-electron chi connectivity index (χ0n) is 17.0. The lowest BCUT2D eigenvalue weighted by Crippen LogP contribution is -2.32. The molecule has 3 aliphatic rings. The van der Waals surface area contributed by atoms with Crippen LogP contribution in [0.1, 0.15) is 29.7 Å². The van der Waals surface area contributed by atoms with Crippen LogP contribution in [0.4, 0.5) is 11.5 Å². The van der Waals surface area contributed by atoms with Crippen LogP contribution in [-0.4, -0.2) is 16.5 Å². The Kier molecular flexibility index (Phi) is 4.97. The molecule has 0 amide bonds. The second kappa shape index (κ2) is 8.06. The topological polar surface area (TPSA) is 59.5 Å². The van der Waals surface area contributed by atoms with Crippen LogP contribution >= 0.6 is 0 Å². The van der Waals surface area contributed by atoms with Crippen molar-refractivity contribution in [3.05, 3.63) is 95.4 Å². The van der Waals surface area contributed by atoms with Crippen LogP contribution in [0, 0.1) is 6.92 Å². The Morgan fingerprint density at radius 2 is 2.10 bits per heavy atom. The Bertz CT molecular complexity index is 1080. The van der Waals surface area contributed by atoms with Crippen molar-refractivity contribution in [3.63, 3.8) is 0 Å². The quantitative estimate of drug-likeness (QED) is 0.801. The van der Waals surface area contributed by atoms with Gasteiger partial charge in [-0.25, -0.2) is 9.97 Å². The van der Waals surface area contributed by atoms with Gasteiger partial charge in [-0.3, -0.25) is 0 Å². The molecule has 0 bridgehead atoms. The monoisotopic (exact) mass is 400 g/mol. The van der Waals surface area contributed by atoms with Crippen molar-refractivity contribution in [1.82, 2.24) is 9.97 Å². The molecule has 2 aliphatic heterocycles. The molecule has 5 rings (SSSR count). The first-order valence-corrected chi connectivity index (χ1v) is 10.3. The van der Waals surface area contributed by atoms with Crippen molar-refractivity contribution < 1.29 is 9.47 Å². The minimum atomic E-state index is 0.532. The van der Waals surface area contributed by atoms with Crippen molar-refractivity contribution in [2.45, 2.75) is 32.7 Å². The number of fused-ring (bicyclic) bond motifs is 1. The molecule has 0 saturated carbocycles. The predicted molar refractivity (Wildman–Crippen MR) is 116 cm³/mol. The summed E-state index contributed by atoms with van der Waals surface area (Å²) in [6.07, 6.45) is 13.9. The molecule has 3 heterocycles. The Labute approximate surface area is 176 Å². The van der Waals surface area contributed by atoms with Gasteiger partial charge in [-0.05, 0) is 49.5 Å². The van der Waals surface area contributed by atoms with Crippen molar-refractivity contribution in [3.8, 4) is 0 Å². The molecule has 152 valence electrons.